The van der Waals surface area contributed by atoms with Gasteiger partial charge in [-0.05, 0) is 69.8 Å². The Morgan fingerprint density at radius 1 is 1.33 bits per heavy atom. The molecule has 0 radical (unpaired) electrons. The van der Waals surface area contributed by atoms with Crippen LogP contribution in [0.5, 0.6) is 0 Å². The zero-order valence-electron chi connectivity index (χ0n) is 11.7. The van der Waals surface area contributed by atoms with Gasteiger partial charge in [-0.25, -0.2) is 4.39 Å². The minimum Gasteiger partial charge on any atom is -0.312 e. The van der Waals surface area contributed by atoms with E-state index < -0.39 is 0 Å². The first-order valence-electron chi connectivity index (χ1n) is 6.47. The van der Waals surface area contributed by atoms with Crippen LogP contribution in [0.1, 0.15) is 39.7 Å². The molecule has 0 aromatic heterocycles. The molecule has 18 heavy (non-hydrogen) atoms. The van der Waals surface area contributed by atoms with Crippen LogP contribution in [-0.2, 0) is 6.42 Å². The van der Waals surface area contributed by atoms with Crippen LogP contribution in [0, 0.1) is 11.7 Å². The summed E-state index contributed by atoms with van der Waals surface area (Å²) < 4.78 is 13.6. The Morgan fingerprint density at radius 2 is 2.00 bits per heavy atom. The van der Waals surface area contributed by atoms with Crippen LogP contribution in [0.4, 0.5) is 4.39 Å². The van der Waals surface area contributed by atoms with Crippen molar-refractivity contribution in [1.82, 2.24) is 5.32 Å². The molecule has 3 heteroatoms. The highest BCUT2D eigenvalue weighted by Gasteiger charge is 2.11. The van der Waals surface area contributed by atoms with Gasteiger partial charge in [-0.2, -0.15) is 0 Å². The maximum Gasteiger partial charge on any atom is 0.126 e. The second-order valence-electron chi connectivity index (χ2n) is 6.01. The first-order valence-corrected chi connectivity index (χ1v) is 6.84. The van der Waals surface area contributed by atoms with Crippen LogP contribution >= 0.6 is 11.6 Å². The van der Waals surface area contributed by atoms with Crippen LogP contribution < -0.4 is 5.32 Å². The third kappa shape index (κ3) is 5.83. The van der Waals surface area contributed by atoms with E-state index in [1.54, 1.807) is 12.1 Å². The van der Waals surface area contributed by atoms with Crippen LogP contribution in [0.25, 0.3) is 0 Å². The van der Waals surface area contributed by atoms with Gasteiger partial charge in [0.25, 0.3) is 0 Å². The standard InChI is InChI=1S/C15H23ClFN/c1-11(7-8-18-15(2,3)4)9-12-10-13(16)5-6-14(12)17/h5-6,10-11,18H,7-9H2,1-4H3. The Labute approximate surface area is 115 Å². The monoisotopic (exact) mass is 271 g/mol. The second kappa shape index (κ2) is 6.53. The fraction of sp³-hybridized carbons (Fsp3) is 0.600. The van der Waals surface area contributed by atoms with E-state index in [-0.39, 0.29) is 11.4 Å². The molecular weight excluding hydrogens is 249 g/mol. The Bertz CT molecular complexity index is 385. The molecule has 0 aliphatic carbocycles. The van der Waals surface area contributed by atoms with E-state index in [0.717, 1.165) is 19.4 Å². The summed E-state index contributed by atoms with van der Waals surface area (Å²) in [6.07, 6.45) is 1.77. The first kappa shape index (κ1) is 15.5. The zero-order valence-corrected chi connectivity index (χ0v) is 12.4. The molecule has 102 valence electrons. The molecule has 1 aromatic carbocycles. The minimum absolute atomic E-state index is 0.140. The third-order valence-corrected chi connectivity index (χ3v) is 3.10. The predicted octanol–water partition coefficient (Wildman–Crippen LogP) is 4.44. The summed E-state index contributed by atoms with van der Waals surface area (Å²) in [6, 6.07) is 4.76. The van der Waals surface area contributed by atoms with Crippen molar-refractivity contribution in [3.8, 4) is 0 Å². The summed E-state index contributed by atoms with van der Waals surface area (Å²) in [5, 5.41) is 4.05. The summed E-state index contributed by atoms with van der Waals surface area (Å²) in [7, 11) is 0. The zero-order chi connectivity index (χ0) is 13.8. The number of nitrogens with one attached hydrogen (secondary N) is 1. The van der Waals surface area contributed by atoms with E-state index in [1.165, 1.54) is 6.07 Å². The summed E-state index contributed by atoms with van der Waals surface area (Å²) in [5.41, 5.74) is 0.854. The largest absolute Gasteiger partial charge is 0.312 e. The molecule has 1 unspecified atom stereocenters. The molecule has 0 heterocycles. The molecule has 0 fully saturated rings. The van der Waals surface area contributed by atoms with Crippen molar-refractivity contribution in [3.05, 3.63) is 34.6 Å². The highest BCUT2D eigenvalue weighted by Crippen LogP contribution is 2.19. The van der Waals surface area contributed by atoms with Gasteiger partial charge in [-0.3, -0.25) is 0 Å². The van der Waals surface area contributed by atoms with Crippen molar-refractivity contribution in [2.45, 2.75) is 46.1 Å². The second-order valence-corrected chi connectivity index (χ2v) is 6.45. The van der Waals surface area contributed by atoms with E-state index in [0.29, 0.717) is 16.5 Å². The van der Waals surface area contributed by atoms with Gasteiger partial charge in [0.05, 0.1) is 0 Å². The van der Waals surface area contributed by atoms with Gasteiger partial charge in [-0.15, -0.1) is 0 Å². The minimum atomic E-state index is -0.157. The molecule has 1 aromatic rings. The van der Waals surface area contributed by atoms with E-state index in [4.69, 9.17) is 11.6 Å². The highest BCUT2D eigenvalue weighted by molar-refractivity contribution is 6.30. The van der Waals surface area contributed by atoms with Crippen molar-refractivity contribution in [1.29, 1.82) is 0 Å². The lowest BCUT2D eigenvalue weighted by Gasteiger charge is -2.22. The van der Waals surface area contributed by atoms with Crippen molar-refractivity contribution in [2.24, 2.45) is 5.92 Å². The van der Waals surface area contributed by atoms with Crippen molar-refractivity contribution < 1.29 is 4.39 Å². The van der Waals surface area contributed by atoms with Crippen molar-refractivity contribution in [2.75, 3.05) is 6.54 Å². The lowest BCUT2D eigenvalue weighted by Crippen LogP contribution is -2.37. The van der Waals surface area contributed by atoms with Gasteiger partial charge in [-0.1, -0.05) is 18.5 Å². The number of rotatable bonds is 5. The third-order valence-electron chi connectivity index (χ3n) is 2.87. The summed E-state index contributed by atoms with van der Waals surface area (Å²) in [5.74, 6) is 0.280. The van der Waals surface area contributed by atoms with E-state index >= 15 is 0 Å². The number of benzene rings is 1. The lowest BCUT2D eigenvalue weighted by molar-refractivity contribution is 0.392. The Kier molecular flexibility index (Phi) is 5.61. The fourth-order valence-electron chi connectivity index (χ4n) is 1.87. The van der Waals surface area contributed by atoms with Gasteiger partial charge in [0, 0.05) is 10.6 Å². The van der Waals surface area contributed by atoms with Crippen LogP contribution in [0.15, 0.2) is 18.2 Å². The average Bonchev–Trinajstić information content (AvgIpc) is 2.21. The van der Waals surface area contributed by atoms with Gasteiger partial charge in [0.1, 0.15) is 5.82 Å². The molecule has 1 rings (SSSR count). The summed E-state index contributed by atoms with van der Waals surface area (Å²) in [4.78, 5) is 0. The number of hydrogen-bond acceptors (Lipinski definition) is 1. The average molecular weight is 272 g/mol. The smallest absolute Gasteiger partial charge is 0.126 e. The van der Waals surface area contributed by atoms with Gasteiger partial charge in [0.2, 0.25) is 0 Å². The summed E-state index contributed by atoms with van der Waals surface area (Å²) >= 11 is 5.89. The van der Waals surface area contributed by atoms with Gasteiger partial charge < -0.3 is 5.32 Å². The molecule has 0 saturated heterocycles. The molecule has 0 aliphatic heterocycles. The maximum absolute atomic E-state index is 13.6. The Balaban J connectivity index is 2.44. The highest BCUT2D eigenvalue weighted by atomic mass is 35.5. The van der Waals surface area contributed by atoms with E-state index in [9.17, 15) is 4.39 Å². The predicted molar refractivity (Wildman–Crippen MR) is 76.7 cm³/mol. The summed E-state index contributed by atoms with van der Waals surface area (Å²) in [6.45, 7) is 9.54. The SMILES string of the molecule is CC(CCNC(C)(C)C)Cc1cc(Cl)ccc1F. The molecule has 0 saturated carbocycles. The van der Waals surface area contributed by atoms with Gasteiger partial charge in [0.15, 0.2) is 0 Å². The molecule has 0 spiro atoms. The van der Waals surface area contributed by atoms with Crippen LogP contribution in [-0.4, -0.2) is 12.1 Å². The molecule has 1 atom stereocenters. The molecule has 0 aliphatic rings. The number of hydrogen-bond donors (Lipinski definition) is 1. The Morgan fingerprint density at radius 3 is 2.61 bits per heavy atom. The number of halogens is 2. The van der Waals surface area contributed by atoms with Crippen LogP contribution in [0.3, 0.4) is 0 Å². The molecule has 1 N–H and O–H groups in total. The van der Waals surface area contributed by atoms with Crippen molar-refractivity contribution >= 4 is 11.6 Å². The molecule has 1 nitrogen and oxygen atoms in total. The molecular formula is C15H23ClFN. The van der Waals surface area contributed by atoms with E-state index in [1.807, 2.05) is 0 Å². The molecule has 0 bridgehead atoms. The van der Waals surface area contributed by atoms with E-state index in [2.05, 4.69) is 33.0 Å². The topological polar surface area (TPSA) is 12.0 Å². The van der Waals surface area contributed by atoms with Crippen LogP contribution in [0.2, 0.25) is 5.02 Å². The molecule has 0 amide bonds. The quantitative estimate of drug-likeness (QED) is 0.835. The normalized spacial score (nSPS) is 13.7. The lowest BCUT2D eigenvalue weighted by atomic mass is 9.97. The fourth-order valence-corrected chi connectivity index (χ4v) is 2.07. The first-order chi connectivity index (χ1) is 8.28. The van der Waals surface area contributed by atoms with Crippen molar-refractivity contribution in [3.63, 3.8) is 0 Å². The van der Waals surface area contributed by atoms with Gasteiger partial charge >= 0.3 is 0 Å². The Hall–Kier alpha value is -0.600. The maximum atomic E-state index is 13.6.